The van der Waals surface area contributed by atoms with E-state index >= 15 is 0 Å². The minimum absolute atomic E-state index is 0.425. The van der Waals surface area contributed by atoms with Crippen molar-refractivity contribution in [2.45, 2.75) is 19.3 Å². The van der Waals surface area contributed by atoms with E-state index in [9.17, 15) is 0 Å². The topological polar surface area (TPSA) is 33.3 Å². The zero-order valence-corrected chi connectivity index (χ0v) is 6.44. The molecule has 0 aromatic carbocycles. The highest BCUT2D eigenvalue weighted by Crippen LogP contribution is 2.07. The van der Waals surface area contributed by atoms with Crippen molar-refractivity contribution in [3.63, 3.8) is 0 Å². The maximum absolute atomic E-state index is 5.21. The molecule has 0 aromatic heterocycles. The minimum Gasteiger partial charge on any atom is -0.345 e. The third kappa shape index (κ3) is 3.82. The van der Waals surface area contributed by atoms with Crippen LogP contribution >= 0.6 is 8.96 Å². The average molecular weight is 148 g/mol. The summed E-state index contributed by atoms with van der Waals surface area (Å²) in [6, 6.07) is 0. The van der Waals surface area contributed by atoms with E-state index in [2.05, 4.69) is 10.6 Å². The van der Waals surface area contributed by atoms with Crippen molar-refractivity contribution >= 4 is 8.96 Å². The molecule has 1 heterocycles. The van der Waals surface area contributed by atoms with Crippen molar-refractivity contribution in [1.29, 1.82) is 0 Å². The summed E-state index contributed by atoms with van der Waals surface area (Å²) in [7, 11) is 0.425. The number of hydrogen-bond acceptors (Lipinski definition) is 3. The summed E-state index contributed by atoms with van der Waals surface area (Å²) >= 11 is 0. The second-order valence-electron chi connectivity index (χ2n) is 2.06. The van der Waals surface area contributed by atoms with Crippen LogP contribution in [-0.2, 0) is 4.52 Å². The summed E-state index contributed by atoms with van der Waals surface area (Å²) in [6.45, 7) is 1.98. The fourth-order valence-electron chi connectivity index (χ4n) is 0.750. The first-order valence-electron chi connectivity index (χ1n) is 3.35. The second kappa shape index (κ2) is 5.12. The highest BCUT2D eigenvalue weighted by atomic mass is 31.1. The van der Waals surface area contributed by atoms with Gasteiger partial charge < -0.3 is 4.52 Å². The van der Waals surface area contributed by atoms with Crippen LogP contribution in [0.4, 0.5) is 0 Å². The van der Waals surface area contributed by atoms with Crippen molar-refractivity contribution < 1.29 is 4.52 Å². The molecule has 1 saturated heterocycles. The first kappa shape index (κ1) is 7.42. The molecule has 1 rings (SSSR count). The standard InChI is InChI=1S/C5H13N2OP/c1-2-4-6-7-9-8-5-3-1/h6-7,9H,1-5H2. The zero-order valence-electron chi connectivity index (χ0n) is 5.44. The van der Waals surface area contributed by atoms with Gasteiger partial charge >= 0.3 is 0 Å². The molecule has 1 atom stereocenters. The number of hydrogen-bond donors (Lipinski definition) is 2. The molecule has 0 amide bonds. The summed E-state index contributed by atoms with van der Waals surface area (Å²) in [5, 5.41) is 2.98. The van der Waals surface area contributed by atoms with E-state index in [1.54, 1.807) is 0 Å². The van der Waals surface area contributed by atoms with Crippen LogP contribution in [0.15, 0.2) is 0 Å². The third-order valence-corrected chi connectivity index (χ3v) is 1.89. The lowest BCUT2D eigenvalue weighted by Gasteiger charge is -2.01. The maximum atomic E-state index is 5.21. The van der Waals surface area contributed by atoms with Crippen molar-refractivity contribution in [2.24, 2.45) is 0 Å². The molecule has 0 aliphatic carbocycles. The van der Waals surface area contributed by atoms with Gasteiger partial charge in [0.2, 0.25) is 0 Å². The Morgan fingerprint density at radius 3 is 3.22 bits per heavy atom. The first-order valence-corrected chi connectivity index (χ1v) is 4.25. The van der Waals surface area contributed by atoms with Gasteiger partial charge in [-0.15, -0.1) is 0 Å². The van der Waals surface area contributed by atoms with Crippen molar-refractivity contribution in [1.82, 2.24) is 10.6 Å². The Labute approximate surface area is 57.4 Å². The summed E-state index contributed by atoms with van der Waals surface area (Å²) < 4.78 is 5.21. The van der Waals surface area contributed by atoms with Crippen LogP contribution in [0.3, 0.4) is 0 Å². The molecule has 4 heteroatoms. The van der Waals surface area contributed by atoms with Crippen molar-refractivity contribution in [3.05, 3.63) is 0 Å². The van der Waals surface area contributed by atoms with E-state index in [1.807, 2.05) is 0 Å². The van der Waals surface area contributed by atoms with E-state index in [0.717, 1.165) is 13.2 Å². The van der Waals surface area contributed by atoms with Crippen molar-refractivity contribution in [3.8, 4) is 0 Å². The molecule has 0 bridgehead atoms. The first-order chi connectivity index (χ1) is 4.50. The highest BCUT2D eigenvalue weighted by Gasteiger charge is 1.93. The zero-order chi connectivity index (χ0) is 6.36. The molecule has 54 valence electrons. The number of hydrazine groups is 1. The molecule has 3 nitrogen and oxygen atoms in total. The summed E-state index contributed by atoms with van der Waals surface area (Å²) in [4.78, 5) is 0. The Morgan fingerprint density at radius 1 is 1.22 bits per heavy atom. The quantitative estimate of drug-likeness (QED) is 0.498. The van der Waals surface area contributed by atoms with E-state index in [0.29, 0.717) is 8.96 Å². The third-order valence-electron chi connectivity index (χ3n) is 1.26. The number of rotatable bonds is 0. The molecule has 0 aromatic rings. The van der Waals surface area contributed by atoms with Gasteiger partial charge in [0.1, 0.15) is 0 Å². The summed E-state index contributed by atoms with van der Waals surface area (Å²) in [6.07, 6.45) is 3.73. The molecule has 1 aliphatic rings. The van der Waals surface area contributed by atoms with Gasteiger partial charge in [0, 0.05) is 6.54 Å². The van der Waals surface area contributed by atoms with E-state index in [1.165, 1.54) is 19.3 Å². The van der Waals surface area contributed by atoms with Gasteiger partial charge in [0.25, 0.3) is 0 Å². The van der Waals surface area contributed by atoms with Gasteiger partial charge in [-0.2, -0.15) is 0 Å². The lowest BCUT2D eigenvalue weighted by atomic mass is 10.2. The van der Waals surface area contributed by atoms with Crippen LogP contribution in [0.2, 0.25) is 0 Å². The molecule has 1 fully saturated rings. The highest BCUT2D eigenvalue weighted by molar-refractivity contribution is 7.29. The molecule has 2 N–H and O–H groups in total. The lowest BCUT2D eigenvalue weighted by Crippen LogP contribution is -2.24. The smallest absolute Gasteiger partial charge is 0.1000 e. The Hall–Kier alpha value is 0.310. The number of nitrogens with one attached hydrogen (secondary N) is 2. The fourth-order valence-corrected chi connectivity index (χ4v) is 1.27. The van der Waals surface area contributed by atoms with E-state index < -0.39 is 0 Å². The summed E-state index contributed by atoms with van der Waals surface area (Å²) in [5.74, 6) is 0. The summed E-state index contributed by atoms with van der Waals surface area (Å²) in [5.41, 5.74) is 3.06. The average Bonchev–Trinajstić information content (AvgIpc) is 2.00. The molecule has 0 saturated carbocycles. The largest absolute Gasteiger partial charge is 0.345 e. The normalized spacial score (nSPS) is 26.7. The monoisotopic (exact) mass is 148 g/mol. The van der Waals surface area contributed by atoms with Crippen LogP contribution in [0, 0.1) is 0 Å². The van der Waals surface area contributed by atoms with Gasteiger partial charge in [-0.05, 0) is 19.3 Å². The molecule has 0 spiro atoms. The molecular weight excluding hydrogens is 135 g/mol. The predicted molar refractivity (Wildman–Crippen MR) is 39.3 cm³/mol. The van der Waals surface area contributed by atoms with Gasteiger partial charge in [0.15, 0.2) is 0 Å². The molecule has 0 radical (unpaired) electrons. The van der Waals surface area contributed by atoms with Crippen LogP contribution in [0.25, 0.3) is 0 Å². The van der Waals surface area contributed by atoms with Crippen LogP contribution in [0.1, 0.15) is 19.3 Å². The van der Waals surface area contributed by atoms with Gasteiger partial charge in [-0.1, -0.05) is 0 Å². The van der Waals surface area contributed by atoms with Gasteiger partial charge in [-0.25, -0.2) is 5.20 Å². The Morgan fingerprint density at radius 2 is 2.22 bits per heavy atom. The van der Waals surface area contributed by atoms with Gasteiger partial charge in [0.05, 0.1) is 15.6 Å². The minimum atomic E-state index is 0.425. The Bertz CT molecular complexity index is 43.4. The van der Waals surface area contributed by atoms with Crippen LogP contribution in [0.5, 0.6) is 0 Å². The molecular formula is C5H13N2OP. The predicted octanol–water partition coefficient (Wildman–Crippen LogP) is 0.790. The van der Waals surface area contributed by atoms with Crippen molar-refractivity contribution in [2.75, 3.05) is 13.2 Å². The van der Waals surface area contributed by atoms with E-state index in [-0.39, 0.29) is 0 Å². The molecule has 9 heavy (non-hydrogen) atoms. The fraction of sp³-hybridized carbons (Fsp3) is 1.00. The molecule has 1 unspecified atom stereocenters. The Kier molecular flexibility index (Phi) is 4.22. The SMILES string of the molecule is C1CCNNPOCC1. The van der Waals surface area contributed by atoms with Gasteiger partial charge in [-0.3, -0.25) is 5.43 Å². The van der Waals surface area contributed by atoms with E-state index in [4.69, 9.17) is 4.52 Å². The lowest BCUT2D eigenvalue weighted by molar-refractivity contribution is 0.347. The maximum Gasteiger partial charge on any atom is 0.1000 e. The van der Waals surface area contributed by atoms with Crippen LogP contribution in [-0.4, -0.2) is 13.2 Å². The second-order valence-corrected chi connectivity index (χ2v) is 2.81. The molecule has 1 aliphatic heterocycles. The Balaban J connectivity index is 2.02. The van der Waals surface area contributed by atoms with Crippen LogP contribution < -0.4 is 10.6 Å².